The fourth-order valence-corrected chi connectivity index (χ4v) is 12.5. The van der Waals surface area contributed by atoms with Crippen LogP contribution in [0.5, 0.6) is 0 Å². The Labute approximate surface area is 281 Å². The Hall–Kier alpha value is 4.90. The highest BCUT2D eigenvalue weighted by Gasteiger charge is 2.13. The van der Waals surface area contributed by atoms with Gasteiger partial charge in [0.1, 0.15) is 0 Å². The summed E-state index contributed by atoms with van der Waals surface area (Å²) < 4.78 is 0. The summed E-state index contributed by atoms with van der Waals surface area (Å²) in [6.07, 6.45) is 0. The van der Waals surface area contributed by atoms with Crippen molar-refractivity contribution in [2.75, 3.05) is 92.0 Å². The van der Waals surface area contributed by atoms with E-state index >= 15 is 0 Å². The third-order valence-corrected chi connectivity index (χ3v) is 17.1. The summed E-state index contributed by atoms with van der Waals surface area (Å²) in [6, 6.07) is 0. The van der Waals surface area contributed by atoms with Crippen molar-refractivity contribution in [1.29, 1.82) is 0 Å². The second kappa shape index (κ2) is 34.1. The van der Waals surface area contributed by atoms with Gasteiger partial charge in [-0.3, -0.25) is 0 Å². The lowest BCUT2D eigenvalue weighted by atomic mass is 10.5. The van der Waals surface area contributed by atoms with Crippen molar-refractivity contribution in [1.82, 2.24) is 0 Å². The predicted octanol–water partition coefficient (Wildman–Crippen LogP) is 7.28. The van der Waals surface area contributed by atoms with Crippen molar-refractivity contribution >= 4 is 172 Å². The fourth-order valence-electron chi connectivity index (χ4n) is 2.13. The van der Waals surface area contributed by atoms with Crippen LogP contribution in [0.2, 0.25) is 0 Å². The predicted molar refractivity (Wildman–Crippen MR) is 210 cm³/mol. The Bertz CT molecular complexity index is 363. The van der Waals surface area contributed by atoms with Crippen LogP contribution < -0.4 is 0 Å². The van der Waals surface area contributed by atoms with Crippen LogP contribution in [0, 0.1) is 0 Å². The molecule has 4 atom stereocenters. The molecule has 0 spiro atoms. The van der Waals surface area contributed by atoms with Gasteiger partial charge in [0.15, 0.2) is 0 Å². The standard InChI is InChI=1S/2C10H22S7/c11-1-3-16-9(5-13)7-15-8-10(6-14)17-4-2-12;11-1-3-15-7-9(5-13)17-8-10(6-14)16-4-2-12/h2*9-14H,1-8H2. The lowest BCUT2D eigenvalue weighted by Gasteiger charge is -2.18. The van der Waals surface area contributed by atoms with Gasteiger partial charge in [-0.2, -0.15) is 172 Å². The number of thioether (sulfide) groups is 6. The zero-order chi connectivity index (χ0) is 25.9. The van der Waals surface area contributed by atoms with Gasteiger partial charge < -0.3 is 0 Å². The first-order valence-electron chi connectivity index (χ1n) is 11.0. The van der Waals surface area contributed by atoms with E-state index in [-0.39, 0.29) is 0 Å². The first-order valence-corrected chi connectivity index (χ1v) is 22.6. The lowest BCUT2D eigenvalue weighted by Crippen LogP contribution is -2.16. The average molecular weight is 734 g/mol. The minimum absolute atomic E-state index is 0.646. The normalized spacial score (nSPS) is 14.8. The first kappa shape index (κ1) is 41.0. The van der Waals surface area contributed by atoms with Gasteiger partial charge in [-0.25, -0.2) is 0 Å². The van der Waals surface area contributed by atoms with Gasteiger partial charge in [-0.15, -0.1) is 0 Å². The molecule has 0 N–H and O–H groups in total. The van der Waals surface area contributed by atoms with Crippen LogP contribution in [0.25, 0.3) is 0 Å². The Morgan fingerprint density at radius 2 is 0.676 bits per heavy atom. The average Bonchev–Trinajstić information content (AvgIpc) is 2.87. The molecule has 34 heavy (non-hydrogen) atoms. The Morgan fingerprint density at radius 3 is 1.03 bits per heavy atom. The monoisotopic (exact) mass is 732 g/mol. The van der Waals surface area contributed by atoms with Crippen molar-refractivity contribution in [3.8, 4) is 0 Å². The number of hydrogen-bond acceptors (Lipinski definition) is 14. The van der Waals surface area contributed by atoms with Crippen molar-refractivity contribution in [2.45, 2.75) is 21.0 Å². The molecule has 0 aromatic heterocycles. The SMILES string of the molecule is SCCSC(CS)CSCC(CS)SCCS.SCCSCC(CS)SCC(CS)SCCS. The molecular weight excluding hydrogens is 689 g/mol. The number of rotatable bonds is 24. The van der Waals surface area contributed by atoms with E-state index in [0.717, 1.165) is 69.0 Å². The molecule has 0 aliphatic carbocycles. The van der Waals surface area contributed by atoms with Crippen LogP contribution in [-0.4, -0.2) is 113 Å². The highest BCUT2D eigenvalue weighted by atomic mass is 32.2. The summed E-state index contributed by atoms with van der Waals surface area (Å²) >= 11 is 46.6. The number of thiol groups is 8. The van der Waals surface area contributed by atoms with Crippen LogP contribution in [0.1, 0.15) is 0 Å². The highest BCUT2D eigenvalue weighted by Crippen LogP contribution is 2.25. The Balaban J connectivity index is 0. The fraction of sp³-hybridized carbons (Fsp3) is 1.00. The third-order valence-electron chi connectivity index (χ3n) is 3.81. The zero-order valence-corrected chi connectivity index (χ0v) is 31.7. The maximum Gasteiger partial charge on any atom is 0.0226 e. The molecule has 0 saturated heterocycles. The Morgan fingerprint density at radius 1 is 0.353 bits per heavy atom. The van der Waals surface area contributed by atoms with Gasteiger partial charge in [0, 0.05) is 90.0 Å². The summed E-state index contributed by atoms with van der Waals surface area (Å²) in [5.41, 5.74) is 0. The minimum Gasteiger partial charge on any atom is -0.179 e. The molecule has 0 amide bonds. The van der Waals surface area contributed by atoms with E-state index in [9.17, 15) is 0 Å². The van der Waals surface area contributed by atoms with Gasteiger partial charge in [0.2, 0.25) is 0 Å². The molecule has 0 heterocycles. The molecule has 0 aromatic carbocycles. The summed E-state index contributed by atoms with van der Waals surface area (Å²) in [4.78, 5) is 0. The van der Waals surface area contributed by atoms with Crippen molar-refractivity contribution < 1.29 is 0 Å². The molecule has 208 valence electrons. The number of hydrogen-bond donors (Lipinski definition) is 8. The summed E-state index contributed by atoms with van der Waals surface area (Å²) in [5.74, 6) is 16.9. The molecule has 0 rings (SSSR count). The van der Waals surface area contributed by atoms with Crippen molar-refractivity contribution in [3.63, 3.8) is 0 Å². The molecular formula is C20H44S14. The molecule has 0 nitrogen and oxygen atoms in total. The van der Waals surface area contributed by atoms with Gasteiger partial charge in [-0.05, 0) is 23.0 Å². The first-order chi connectivity index (χ1) is 16.6. The minimum atomic E-state index is 0.646. The van der Waals surface area contributed by atoms with E-state index in [1.165, 1.54) is 23.0 Å². The van der Waals surface area contributed by atoms with Gasteiger partial charge in [0.25, 0.3) is 0 Å². The van der Waals surface area contributed by atoms with Crippen LogP contribution >= 0.6 is 172 Å². The van der Waals surface area contributed by atoms with E-state index in [2.05, 4.69) is 101 Å². The summed E-state index contributed by atoms with van der Waals surface area (Å²) in [7, 11) is 0. The van der Waals surface area contributed by atoms with Crippen LogP contribution in [0.4, 0.5) is 0 Å². The molecule has 14 heteroatoms. The molecule has 0 aromatic rings. The maximum atomic E-state index is 4.43. The van der Waals surface area contributed by atoms with E-state index < -0.39 is 0 Å². The van der Waals surface area contributed by atoms with E-state index in [1.807, 2.05) is 70.6 Å². The van der Waals surface area contributed by atoms with Gasteiger partial charge >= 0.3 is 0 Å². The zero-order valence-electron chi connectivity index (χ0n) is 19.7. The lowest BCUT2D eigenvalue weighted by molar-refractivity contribution is 1.11. The molecule has 0 radical (unpaired) electrons. The van der Waals surface area contributed by atoms with Crippen molar-refractivity contribution in [3.05, 3.63) is 0 Å². The molecule has 0 aliphatic rings. The quantitative estimate of drug-likeness (QED) is 0.0386. The van der Waals surface area contributed by atoms with Gasteiger partial charge in [-0.1, -0.05) is 0 Å². The summed E-state index contributed by atoms with van der Waals surface area (Å²) in [6.45, 7) is 0. The topological polar surface area (TPSA) is 0 Å². The van der Waals surface area contributed by atoms with Crippen LogP contribution in [-0.2, 0) is 0 Å². The summed E-state index contributed by atoms with van der Waals surface area (Å²) in [5, 5.41) is 2.62. The Kier molecular flexibility index (Phi) is 41.2. The second-order valence-corrected chi connectivity index (χ2v) is 17.7. The van der Waals surface area contributed by atoms with Crippen molar-refractivity contribution in [2.24, 2.45) is 0 Å². The largest absolute Gasteiger partial charge is 0.179 e. The second-order valence-electron chi connectivity index (χ2n) is 6.67. The van der Waals surface area contributed by atoms with E-state index in [0.29, 0.717) is 21.0 Å². The van der Waals surface area contributed by atoms with Crippen LogP contribution in [0.15, 0.2) is 0 Å². The smallest absolute Gasteiger partial charge is 0.0226 e. The maximum absolute atomic E-state index is 4.43. The molecule has 0 aliphatic heterocycles. The van der Waals surface area contributed by atoms with Gasteiger partial charge in [0.05, 0.1) is 0 Å². The van der Waals surface area contributed by atoms with E-state index in [1.54, 1.807) is 0 Å². The third kappa shape index (κ3) is 28.4. The molecule has 0 saturated carbocycles. The van der Waals surface area contributed by atoms with E-state index in [4.69, 9.17) is 0 Å². The highest BCUT2D eigenvalue weighted by molar-refractivity contribution is 8.06. The molecule has 0 bridgehead atoms. The molecule has 4 unspecified atom stereocenters. The molecule has 0 fully saturated rings. The van der Waals surface area contributed by atoms with Crippen LogP contribution in [0.3, 0.4) is 0 Å².